The molecule has 4 fully saturated rings. The number of hydrogen-bond donors (Lipinski definition) is 0. The third-order valence-corrected chi connectivity index (χ3v) is 10.1. The molecule has 1 heterocycles. The number of ketones is 2. The minimum Gasteiger partial charge on any atom is -0.381 e. The minimum atomic E-state index is -0.890. The monoisotopic (exact) mass is 470 g/mol. The largest absolute Gasteiger partial charge is 0.381 e. The van der Waals surface area contributed by atoms with Crippen LogP contribution in [0.1, 0.15) is 79.6 Å². The molecule has 0 radical (unpaired) electrons. The van der Waals surface area contributed by atoms with Crippen molar-refractivity contribution in [3.63, 3.8) is 0 Å². The van der Waals surface area contributed by atoms with Crippen LogP contribution in [-0.4, -0.2) is 42.8 Å². The highest BCUT2D eigenvalue weighted by molar-refractivity contribution is 6.01. The fourth-order valence-electron chi connectivity index (χ4n) is 8.72. The van der Waals surface area contributed by atoms with Crippen molar-refractivity contribution in [2.24, 2.45) is 34.5 Å². The zero-order valence-corrected chi connectivity index (χ0v) is 21.8. The van der Waals surface area contributed by atoms with Crippen LogP contribution in [0.3, 0.4) is 0 Å². The van der Waals surface area contributed by atoms with Crippen molar-refractivity contribution in [3.8, 4) is 0 Å². The van der Waals surface area contributed by atoms with Crippen LogP contribution in [0.4, 0.5) is 0 Å². The normalized spacial score (nSPS) is 47.1. The quantitative estimate of drug-likeness (QED) is 0.518. The van der Waals surface area contributed by atoms with Crippen LogP contribution in [0.5, 0.6) is 0 Å². The van der Waals surface area contributed by atoms with Crippen molar-refractivity contribution >= 4 is 11.6 Å². The highest BCUT2D eigenvalue weighted by Gasteiger charge is 2.75. The van der Waals surface area contributed by atoms with Crippen LogP contribution in [0.2, 0.25) is 0 Å². The Bertz CT molecular complexity index is 919. The molecular formula is C29H42O5. The van der Waals surface area contributed by atoms with Gasteiger partial charge >= 0.3 is 0 Å². The molecule has 1 aliphatic heterocycles. The van der Waals surface area contributed by atoms with Gasteiger partial charge in [-0.3, -0.25) is 9.59 Å². The molecule has 0 aromatic rings. The zero-order valence-electron chi connectivity index (χ0n) is 21.8. The fourth-order valence-corrected chi connectivity index (χ4v) is 8.72. The van der Waals surface area contributed by atoms with E-state index < -0.39 is 5.60 Å². The Morgan fingerprint density at radius 2 is 2.06 bits per heavy atom. The Hall–Kier alpha value is -1.30. The lowest BCUT2D eigenvalue weighted by molar-refractivity contribution is -0.202. The molecule has 0 bridgehead atoms. The van der Waals surface area contributed by atoms with E-state index in [0.717, 1.165) is 38.5 Å². The average Bonchev–Trinajstić information content (AvgIpc) is 3.25. The van der Waals surface area contributed by atoms with Crippen LogP contribution < -0.4 is 0 Å². The zero-order chi connectivity index (χ0) is 24.5. The molecule has 9 atom stereocenters. The minimum absolute atomic E-state index is 0.00546. The molecule has 5 rings (SSSR count). The lowest BCUT2D eigenvalue weighted by Crippen LogP contribution is -2.63. The summed E-state index contributed by atoms with van der Waals surface area (Å²) >= 11 is 0. The summed E-state index contributed by atoms with van der Waals surface area (Å²) in [5.41, 5.74) is -0.164. The van der Waals surface area contributed by atoms with Gasteiger partial charge in [0.25, 0.3) is 0 Å². The van der Waals surface area contributed by atoms with E-state index >= 15 is 0 Å². The lowest BCUT2D eigenvalue weighted by atomic mass is 9.46. The van der Waals surface area contributed by atoms with Crippen molar-refractivity contribution in [2.45, 2.75) is 104 Å². The maximum Gasteiger partial charge on any atom is 0.178 e. The average molecular weight is 471 g/mol. The van der Waals surface area contributed by atoms with Gasteiger partial charge in [-0.05, 0) is 62.0 Å². The Labute approximate surface area is 204 Å². The van der Waals surface area contributed by atoms with Crippen LogP contribution in [0.15, 0.2) is 23.8 Å². The third-order valence-electron chi connectivity index (χ3n) is 10.1. The van der Waals surface area contributed by atoms with Gasteiger partial charge in [0.15, 0.2) is 23.5 Å². The number of Topliss-reactive ketones (excluding diaryl/α,β-unsaturated/α-hetero) is 1. The smallest absolute Gasteiger partial charge is 0.178 e. The highest BCUT2D eigenvalue weighted by Crippen LogP contribution is 2.70. The van der Waals surface area contributed by atoms with Gasteiger partial charge in [0.2, 0.25) is 0 Å². The van der Waals surface area contributed by atoms with Crippen molar-refractivity contribution in [1.82, 2.24) is 0 Å². The van der Waals surface area contributed by atoms with E-state index in [1.54, 1.807) is 6.08 Å². The summed E-state index contributed by atoms with van der Waals surface area (Å²) < 4.78 is 19.5. The van der Waals surface area contributed by atoms with Crippen LogP contribution in [0, 0.1) is 34.5 Å². The van der Waals surface area contributed by atoms with Gasteiger partial charge < -0.3 is 14.2 Å². The molecule has 1 saturated heterocycles. The first kappa shape index (κ1) is 24.4. The van der Waals surface area contributed by atoms with Gasteiger partial charge in [0.1, 0.15) is 0 Å². The number of fused-ring (bicyclic) bond motifs is 7. The summed E-state index contributed by atoms with van der Waals surface area (Å²) in [4.78, 5) is 26.2. The Kier molecular flexibility index (Phi) is 6.02. The van der Waals surface area contributed by atoms with Gasteiger partial charge in [0, 0.05) is 30.3 Å². The summed E-state index contributed by atoms with van der Waals surface area (Å²) in [5, 5.41) is 0. The van der Waals surface area contributed by atoms with Gasteiger partial charge in [-0.2, -0.15) is 0 Å². The molecule has 0 aromatic carbocycles. The predicted octanol–water partition coefficient (Wildman–Crippen LogP) is 5.42. The first-order chi connectivity index (χ1) is 16.1. The second kappa shape index (κ2) is 8.38. The molecule has 188 valence electrons. The first-order valence-electron chi connectivity index (χ1n) is 13.4. The number of methoxy groups -OCH3 is 1. The Morgan fingerprint density at radius 3 is 2.74 bits per heavy atom. The molecule has 5 heteroatoms. The molecule has 0 spiro atoms. The van der Waals surface area contributed by atoms with E-state index in [9.17, 15) is 9.59 Å². The Balaban J connectivity index is 1.57. The fraction of sp³-hybridized carbons (Fsp3) is 0.793. The number of carbonyl (C=O) groups excluding carboxylic acids is 2. The molecule has 34 heavy (non-hydrogen) atoms. The lowest BCUT2D eigenvalue weighted by Gasteiger charge is -2.60. The number of rotatable bonds is 6. The molecule has 5 nitrogen and oxygen atoms in total. The molecule has 5 aliphatic rings. The van der Waals surface area contributed by atoms with Crippen LogP contribution in [0.25, 0.3) is 0 Å². The van der Waals surface area contributed by atoms with Crippen molar-refractivity contribution in [2.75, 3.05) is 7.11 Å². The van der Waals surface area contributed by atoms with E-state index in [-0.39, 0.29) is 52.7 Å². The maximum atomic E-state index is 14.0. The summed E-state index contributed by atoms with van der Waals surface area (Å²) in [5.74, 6) is 1.60. The number of carbonyl (C=O) groups is 2. The third kappa shape index (κ3) is 3.22. The Morgan fingerprint density at radius 1 is 1.29 bits per heavy atom. The molecule has 4 aliphatic carbocycles. The van der Waals surface area contributed by atoms with Crippen molar-refractivity contribution < 1.29 is 23.8 Å². The summed E-state index contributed by atoms with van der Waals surface area (Å²) in [6, 6.07) is 0. The SMILES string of the molecule is CCCC1O[C@@H]2C[C@H]3[C@@H]4CCC5=CC(=O)C=C[C@]5(C)[C@H]4[C@@H](OC)C[C@]3(C)C2(C(=O)CC(C)C)O1. The van der Waals surface area contributed by atoms with E-state index in [2.05, 4.69) is 40.7 Å². The molecular weight excluding hydrogens is 428 g/mol. The summed E-state index contributed by atoms with van der Waals surface area (Å²) in [6.07, 6.45) is 11.1. The van der Waals surface area contributed by atoms with E-state index in [1.165, 1.54) is 5.57 Å². The molecule has 0 aromatic heterocycles. The van der Waals surface area contributed by atoms with Crippen molar-refractivity contribution in [3.05, 3.63) is 23.8 Å². The van der Waals surface area contributed by atoms with Crippen LogP contribution >= 0.6 is 0 Å². The van der Waals surface area contributed by atoms with E-state index in [4.69, 9.17) is 14.2 Å². The second-order valence-corrected chi connectivity index (χ2v) is 12.4. The van der Waals surface area contributed by atoms with Gasteiger partial charge in [0.05, 0.1) is 12.2 Å². The van der Waals surface area contributed by atoms with Crippen molar-refractivity contribution in [1.29, 1.82) is 0 Å². The molecule has 0 amide bonds. The van der Waals surface area contributed by atoms with Gasteiger partial charge in [-0.15, -0.1) is 0 Å². The topological polar surface area (TPSA) is 61.8 Å². The van der Waals surface area contributed by atoms with Gasteiger partial charge in [-0.1, -0.05) is 52.7 Å². The van der Waals surface area contributed by atoms with Gasteiger partial charge in [-0.25, -0.2) is 0 Å². The van der Waals surface area contributed by atoms with Crippen LogP contribution in [-0.2, 0) is 23.8 Å². The first-order valence-corrected chi connectivity index (χ1v) is 13.4. The maximum absolute atomic E-state index is 14.0. The molecule has 2 unspecified atom stereocenters. The summed E-state index contributed by atoms with van der Waals surface area (Å²) in [6.45, 7) is 10.9. The van der Waals surface area contributed by atoms with E-state index in [1.807, 2.05) is 13.2 Å². The number of ether oxygens (including phenoxy) is 3. The van der Waals surface area contributed by atoms with E-state index in [0.29, 0.717) is 18.3 Å². The standard InChI is InChI=1S/C29H42O5/c1-7-8-25-33-24-15-21-20-10-9-18-14-19(30)11-12-27(18,4)26(20)22(32-6)16-28(21,5)29(24,34-25)23(31)13-17(2)3/h11-12,14,17,20-22,24-26H,7-10,13,15-16H2,1-6H3/t20-,21-,22-,24+,25?,26+,27-,28-,29?/m0/s1. The molecule has 0 N–H and O–H groups in total. The number of allylic oxidation sites excluding steroid dienone is 4. The number of hydrogen-bond acceptors (Lipinski definition) is 5. The highest BCUT2D eigenvalue weighted by atomic mass is 16.7. The second-order valence-electron chi connectivity index (χ2n) is 12.4. The molecule has 3 saturated carbocycles. The summed E-state index contributed by atoms with van der Waals surface area (Å²) in [7, 11) is 1.81. The predicted molar refractivity (Wildman–Crippen MR) is 130 cm³/mol.